The van der Waals surface area contributed by atoms with E-state index in [4.69, 9.17) is 14.3 Å². The van der Waals surface area contributed by atoms with E-state index < -0.39 is 17.5 Å². The molecule has 0 heterocycles. The van der Waals surface area contributed by atoms with Crippen LogP contribution in [0.4, 0.5) is 0 Å². The molecule has 10 heteroatoms. The van der Waals surface area contributed by atoms with E-state index in [2.05, 4.69) is 10.8 Å². The lowest BCUT2D eigenvalue weighted by atomic mass is 9.64. The second-order valence-corrected chi connectivity index (χ2v) is 10.9. The molecule has 0 aliphatic rings. The Morgan fingerprint density at radius 2 is 1.33 bits per heavy atom. The zero-order valence-corrected chi connectivity index (χ0v) is 26.8. The van der Waals surface area contributed by atoms with Crippen LogP contribution in [0.5, 0.6) is 11.5 Å². The fourth-order valence-corrected chi connectivity index (χ4v) is 5.46. The van der Waals surface area contributed by atoms with Crippen LogP contribution in [0.3, 0.4) is 0 Å². The Hall–Kier alpha value is -4.70. The Labute approximate surface area is 270 Å². The number of ether oxygens (including phenoxy) is 2. The molecule has 46 heavy (non-hydrogen) atoms. The van der Waals surface area contributed by atoms with Crippen LogP contribution in [0.1, 0.15) is 85.3 Å². The number of carbonyl (C=O) groups is 4. The largest absolute Gasteiger partial charge is 0.497 e. The molecule has 0 spiro atoms. The maximum absolute atomic E-state index is 12.7. The first-order chi connectivity index (χ1) is 22.3. The van der Waals surface area contributed by atoms with Gasteiger partial charge in [-0.3, -0.25) is 9.59 Å². The predicted octanol–water partition coefficient (Wildman–Crippen LogP) is 5.04. The van der Waals surface area contributed by atoms with Gasteiger partial charge < -0.3 is 29.5 Å². The minimum Gasteiger partial charge on any atom is -0.497 e. The topological polar surface area (TPSA) is 140 Å². The Morgan fingerprint density at radius 3 is 1.83 bits per heavy atom. The Morgan fingerprint density at radius 1 is 0.783 bits per heavy atom. The van der Waals surface area contributed by atoms with E-state index in [-0.39, 0.29) is 36.6 Å². The summed E-state index contributed by atoms with van der Waals surface area (Å²) < 4.78 is 10.8. The number of aldehydes is 1. The van der Waals surface area contributed by atoms with Crippen molar-refractivity contribution in [2.75, 3.05) is 20.8 Å². The lowest BCUT2D eigenvalue weighted by molar-refractivity contribution is -0.130. The first-order valence-corrected chi connectivity index (χ1v) is 15.6. The summed E-state index contributed by atoms with van der Waals surface area (Å²) in [4.78, 5) is 51.8. The van der Waals surface area contributed by atoms with Crippen molar-refractivity contribution >= 4 is 24.1 Å². The summed E-state index contributed by atoms with van der Waals surface area (Å²) in [6.07, 6.45) is 3.68. The highest BCUT2D eigenvalue weighted by Crippen LogP contribution is 2.45. The van der Waals surface area contributed by atoms with Crippen molar-refractivity contribution in [3.8, 4) is 11.5 Å². The molecule has 0 aliphatic carbocycles. The van der Waals surface area contributed by atoms with Crippen molar-refractivity contribution in [1.82, 2.24) is 10.8 Å². The van der Waals surface area contributed by atoms with E-state index in [1.807, 2.05) is 55.5 Å². The summed E-state index contributed by atoms with van der Waals surface area (Å²) in [6, 6.07) is 21.9. The second kappa shape index (κ2) is 18.3. The van der Waals surface area contributed by atoms with Gasteiger partial charge in [-0.15, -0.1) is 0 Å². The van der Waals surface area contributed by atoms with Crippen molar-refractivity contribution < 1.29 is 38.6 Å². The molecule has 0 bridgehead atoms. The summed E-state index contributed by atoms with van der Waals surface area (Å²) in [5.74, 6) is 0.101. The fourth-order valence-electron chi connectivity index (χ4n) is 5.46. The fraction of sp³-hybridized carbons (Fsp3) is 0.389. The lowest BCUT2D eigenvalue weighted by Crippen LogP contribution is -2.42. The number of hydrogen-bond donors (Lipinski definition) is 3. The molecule has 3 aromatic carbocycles. The minimum absolute atomic E-state index is 0.152. The number of aliphatic hydroxyl groups is 1. The predicted molar refractivity (Wildman–Crippen MR) is 174 cm³/mol. The van der Waals surface area contributed by atoms with Crippen LogP contribution in [-0.4, -0.2) is 56.0 Å². The van der Waals surface area contributed by atoms with Crippen molar-refractivity contribution in [3.05, 3.63) is 95.1 Å². The van der Waals surface area contributed by atoms with Gasteiger partial charge in [0.05, 0.1) is 31.3 Å². The number of methoxy groups -OCH3 is 2. The SMILES string of the molecule is CCCC(=O)NOC(=O)c1ccc(C(c2ccc(OC)cc2)(c2ccc(OC)cc2)C(O)CCCCCNC(=O)CCC=O)cc1. The van der Waals surface area contributed by atoms with E-state index in [1.54, 1.807) is 38.5 Å². The molecule has 1 atom stereocenters. The Kier molecular flexibility index (Phi) is 14.2. The highest BCUT2D eigenvalue weighted by atomic mass is 16.7. The van der Waals surface area contributed by atoms with Crippen LogP contribution in [0.15, 0.2) is 72.8 Å². The highest BCUT2D eigenvalue weighted by molar-refractivity contribution is 5.90. The quantitative estimate of drug-likeness (QED) is 0.0767. The molecule has 3 rings (SSSR count). The van der Waals surface area contributed by atoms with Crippen molar-refractivity contribution in [1.29, 1.82) is 0 Å². The zero-order chi connectivity index (χ0) is 33.4. The van der Waals surface area contributed by atoms with Gasteiger partial charge in [0, 0.05) is 25.8 Å². The average Bonchev–Trinajstić information content (AvgIpc) is 3.09. The summed E-state index contributed by atoms with van der Waals surface area (Å²) in [6.45, 7) is 2.35. The number of hydroxylamine groups is 1. The molecular formula is C36H44N2O8. The van der Waals surface area contributed by atoms with Crippen molar-refractivity contribution in [3.63, 3.8) is 0 Å². The molecular weight excluding hydrogens is 588 g/mol. The number of nitrogens with one attached hydrogen (secondary N) is 2. The maximum atomic E-state index is 12.7. The van der Waals surface area contributed by atoms with Crippen LogP contribution in [0, 0.1) is 0 Å². The van der Waals surface area contributed by atoms with Gasteiger partial charge in [0.1, 0.15) is 17.8 Å². The Bertz CT molecular complexity index is 1360. The number of aliphatic hydroxyl groups excluding tert-OH is 1. The summed E-state index contributed by atoms with van der Waals surface area (Å²) in [5.41, 5.74) is 3.74. The molecule has 3 N–H and O–H groups in total. The normalized spacial score (nSPS) is 11.7. The van der Waals surface area contributed by atoms with Crippen LogP contribution in [0.2, 0.25) is 0 Å². The number of hydrogen-bond acceptors (Lipinski definition) is 8. The number of rotatable bonds is 18. The van der Waals surface area contributed by atoms with E-state index in [0.29, 0.717) is 37.3 Å². The third kappa shape index (κ3) is 9.40. The third-order valence-corrected chi connectivity index (χ3v) is 7.87. The van der Waals surface area contributed by atoms with E-state index >= 15 is 0 Å². The summed E-state index contributed by atoms with van der Waals surface area (Å²) >= 11 is 0. The van der Waals surface area contributed by atoms with Gasteiger partial charge in [-0.25, -0.2) is 4.79 Å². The maximum Gasteiger partial charge on any atom is 0.362 e. The van der Waals surface area contributed by atoms with Crippen molar-refractivity contribution in [2.45, 2.75) is 69.8 Å². The number of carbonyl (C=O) groups excluding carboxylic acids is 4. The lowest BCUT2D eigenvalue weighted by Gasteiger charge is -2.40. The molecule has 0 fully saturated rings. The monoisotopic (exact) mass is 632 g/mol. The summed E-state index contributed by atoms with van der Waals surface area (Å²) in [7, 11) is 3.18. The molecule has 0 saturated carbocycles. The van der Waals surface area contributed by atoms with E-state index in [1.165, 1.54) is 0 Å². The molecule has 10 nitrogen and oxygen atoms in total. The van der Waals surface area contributed by atoms with Crippen molar-refractivity contribution in [2.24, 2.45) is 0 Å². The van der Waals surface area contributed by atoms with Crippen LogP contribution >= 0.6 is 0 Å². The van der Waals surface area contributed by atoms with Crippen LogP contribution in [0.25, 0.3) is 0 Å². The first-order valence-electron chi connectivity index (χ1n) is 15.6. The minimum atomic E-state index is -1.06. The molecule has 0 radical (unpaired) electrons. The van der Waals surface area contributed by atoms with Crippen LogP contribution < -0.4 is 20.3 Å². The van der Waals surface area contributed by atoms with Gasteiger partial charge in [0.25, 0.3) is 5.91 Å². The second-order valence-electron chi connectivity index (χ2n) is 10.9. The Balaban J connectivity index is 1.96. The van der Waals surface area contributed by atoms with Gasteiger partial charge in [0.15, 0.2) is 0 Å². The highest BCUT2D eigenvalue weighted by Gasteiger charge is 2.43. The molecule has 1 unspecified atom stereocenters. The summed E-state index contributed by atoms with van der Waals surface area (Å²) in [5, 5.41) is 15.0. The van der Waals surface area contributed by atoms with Gasteiger partial charge in [-0.1, -0.05) is 56.2 Å². The van der Waals surface area contributed by atoms with Gasteiger partial charge in [0.2, 0.25) is 5.91 Å². The molecule has 3 aromatic rings. The number of benzene rings is 3. The zero-order valence-electron chi connectivity index (χ0n) is 26.8. The van der Waals surface area contributed by atoms with Crippen LogP contribution in [-0.2, 0) is 24.6 Å². The first kappa shape index (κ1) is 35.8. The molecule has 0 aliphatic heterocycles. The van der Waals surface area contributed by atoms with Gasteiger partial charge >= 0.3 is 5.97 Å². The van der Waals surface area contributed by atoms with Gasteiger partial charge in [-0.05, 0) is 72.4 Å². The third-order valence-electron chi connectivity index (χ3n) is 7.87. The number of amides is 2. The molecule has 2 amide bonds. The van der Waals surface area contributed by atoms with E-state index in [0.717, 1.165) is 35.8 Å². The van der Waals surface area contributed by atoms with E-state index in [9.17, 15) is 24.3 Å². The standard InChI is InChI=1S/C36H44N2O8/c1-4-9-34(42)38-46-35(43)26-12-14-27(15-13-26)36(28-16-20-30(44-2)21-17-28,29-18-22-31(45-3)23-19-29)32(40)10-6-5-7-24-37-33(41)11-8-25-39/h12-23,25,32,40H,4-11,24H2,1-3H3,(H,37,41)(H,38,42). The molecule has 246 valence electrons. The van der Waals surface area contributed by atoms with Gasteiger partial charge in [-0.2, -0.15) is 5.48 Å². The number of unbranched alkanes of at least 4 members (excludes halogenated alkanes) is 2. The average molecular weight is 633 g/mol. The molecule has 0 aromatic heterocycles. The smallest absolute Gasteiger partial charge is 0.362 e. The molecule has 0 saturated heterocycles.